The number of likely N-dealkylation sites (tertiary alicyclic amines) is 1. The molecule has 0 saturated carbocycles. The topological polar surface area (TPSA) is 37.4 Å². The third-order valence-electron chi connectivity index (χ3n) is 3.85. The second kappa shape index (κ2) is 7.83. The van der Waals surface area contributed by atoms with Crippen LogP contribution in [0.25, 0.3) is 0 Å². The fourth-order valence-corrected chi connectivity index (χ4v) is 2.65. The summed E-state index contributed by atoms with van der Waals surface area (Å²) in [4.78, 5) is 25.9. The van der Waals surface area contributed by atoms with Gasteiger partial charge in [0.1, 0.15) is 0 Å². The molecule has 0 N–H and O–H groups in total. The fourth-order valence-electron chi connectivity index (χ4n) is 2.65. The SMILES string of the molecule is O=C(CCCN1CCCCCCC1=O)c1ccccc1. The van der Waals surface area contributed by atoms with Gasteiger partial charge in [0.25, 0.3) is 0 Å². The highest BCUT2D eigenvalue weighted by Gasteiger charge is 2.15. The summed E-state index contributed by atoms with van der Waals surface area (Å²) in [5.74, 6) is 0.432. The lowest BCUT2D eigenvalue weighted by atomic mass is 10.1. The van der Waals surface area contributed by atoms with Crippen LogP contribution in [0.5, 0.6) is 0 Å². The van der Waals surface area contributed by atoms with Gasteiger partial charge in [-0.2, -0.15) is 0 Å². The van der Waals surface area contributed by atoms with E-state index in [-0.39, 0.29) is 11.7 Å². The largest absolute Gasteiger partial charge is 0.343 e. The summed E-state index contributed by atoms with van der Waals surface area (Å²) in [6, 6.07) is 9.38. The molecule has 1 saturated heterocycles. The summed E-state index contributed by atoms with van der Waals surface area (Å²) < 4.78 is 0. The average Bonchev–Trinajstić information content (AvgIpc) is 2.47. The van der Waals surface area contributed by atoms with E-state index in [1.54, 1.807) is 0 Å². The Balaban J connectivity index is 1.76. The molecule has 108 valence electrons. The number of ketones is 1. The standard InChI is InChI=1S/C17H23NO2/c19-16(15-9-4-3-5-10-15)11-8-14-18-13-7-2-1-6-12-17(18)20/h3-5,9-10H,1-2,6-8,11-14H2. The lowest BCUT2D eigenvalue weighted by molar-refractivity contribution is -0.131. The molecule has 1 fully saturated rings. The van der Waals surface area contributed by atoms with Crippen LogP contribution in [0.2, 0.25) is 0 Å². The average molecular weight is 273 g/mol. The number of nitrogens with zero attached hydrogens (tertiary/aromatic N) is 1. The zero-order valence-corrected chi connectivity index (χ0v) is 12.0. The number of carbonyl (C=O) groups excluding carboxylic acids is 2. The van der Waals surface area contributed by atoms with Crippen molar-refractivity contribution in [1.82, 2.24) is 4.90 Å². The molecule has 2 rings (SSSR count). The highest BCUT2D eigenvalue weighted by atomic mass is 16.2. The first-order chi connectivity index (χ1) is 9.77. The molecule has 1 aromatic carbocycles. The molecule has 0 atom stereocenters. The Morgan fingerprint density at radius 3 is 2.60 bits per heavy atom. The Morgan fingerprint density at radius 1 is 1.05 bits per heavy atom. The van der Waals surface area contributed by atoms with E-state index < -0.39 is 0 Å². The highest BCUT2D eigenvalue weighted by Crippen LogP contribution is 2.13. The number of Topliss-reactive ketones (excluding diaryl/α,β-unsaturated/α-hetero) is 1. The van der Waals surface area contributed by atoms with Gasteiger partial charge in [0, 0.05) is 31.5 Å². The first-order valence-corrected chi connectivity index (χ1v) is 7.63. The van der Waals surface area contributed by atoms with Gasteiger partial charge in [-0.25, -0.2) is 0 Å². The monoisotopic (exact) mass is 273 g/mol. The molecular weight excluding hydrogens is 250 g/mol. The van der Waals surface area contributed by atoms with Crippen LogP contribution in [0, 0.1) is 0 Å². The Bertz CT molecular complexity index is 442. The van der Waals surface area contributed by atoms with Gasteiger partial charge in [-0.15, -0.1) is 0 Å². The van der Waals surface area contributed by atoms with Gasteiger partial charge >= 0.3 is 0 Å². The Morgan fingerprint density at radius 2 is 1.80 bits per heavy atom. The molecule has 1 heterocycles. The lowest BCUT2D eigenvalue weighted by Crippen LogP contribution is -2.33. The number of hydrogen-bond donors (Lipinski definition) is 0. The number of amides is 1. The van der Waals surface area contributed by atoms with E-state index in [0.717, 1.165) is 37.9 Å². The van der Waals surface area contributed by atoms with Crippen molar-refractivity contribution in [1.29, 1.82) is 0 Å². The summed E-state index contributed by atoms with van der Waals surface area (Å²) in [6.45, 7) is 1.58. The van der Waals surface area contributed by atoms with Crippen LogP contribution in [0.4, 0.5) is 0 Å². The van der Waals surface area contributed by atoms with Crippen LogP contribution < -0.4 is 0 Å². The van der Waals surface area contributed by atoms with Crippen LogP contribution in [0.3, 0.4) is 0 Å². The van der Waals surface area contributed by atoms with Crippen LogP contribution in [-0.4, -0.2) is 29.7 Å². The van der Waals surface area contributed by atoms with Gasteiger partial charge in [0.15, 0.2) is 5.78 Å². The van der Waals surface area contributed by atoms with Gasteiger partial charge in [0.2, 0.25) is 5.91 Å². The second-order valence-corrected chi connectivity index (χ2v) is 5.44. The minimum absolute atomic E-state index is 0.171. The molecule has 0 aliphatic carbocycles. The van der Waals surface area contributed by atoms with E-state index in [1.807, 2.05) is 35.2 Å². The zero-order chi connectivity index (χ0) is 14.2. The molecule has 1 amide bonds. The third-order valence-corrected chi connectivity index (χ3v) is 3.85. The van der Waals surface area contributed by atoms with E-state index in [1.165, 1.54) is 12.8 Å². The summed E-state index contributed by atoms with van der Waals surface area (Å²) in [5.41, 5.74) is 0.770. The molecule has 3 heteroatoms. The predicted molar refractivity (Wildman–Crippen MR) is 79.7 cm³/mol. The van der Waals surface area contributed by atoms with E-state index in [9.17, 15) is 9.59 Å². The maximum Gasteiger partial charge on any atom is 0.222 e. The van der Waals surface area contributed by atoms with Crippen LogP contribution in [-0.2, 0) is 4.79 Å². The number of rotatable bonds is 5. The number of carbonyl (C=O) groups is 2. The van der Waals surface area contributed by atoms with E-state index in [4.69, 9.17) is 0 Å². The van der Waals surface area contributed by atoms with E-state index >= 15 is 0 Å². The minimum Gasteiger partial charge on any atom is -0.343 e. The minimum atomic E-state index is 0.171. The van der Waals surface area contributed by atoms with Crippen molar-refractivity contribution in [3.63, 3.8) is 0 Å². The van der Waals surface area contributed by atoms with Gasteiger partial charge < -0.3 is 4.90 Å². The molecule has 0 bridgehead atoms. The van der Waals surface area contributed by atoms with E-state index in [2.05, 4.69) is 0 Å². The molecule has 0 radical (unpaired) electrons. The molecule has 0 unspecified atom stereocenters. The second-order valence-electron chi connectivity index (χ2n) is 5.44. The van der Waals surface area contributed by atoms with Crippen LogP contribution in [0.15, 0.2) is 30.3 Å². The maximum absolute atomic E-state index is 12.0. The Kier molecular flexibility index (Phi) is 5.78. The molecule has 1 aromatic rings. The zero-order valence-electron chi connectivity index (χ0n) is 12.0. The molecule has 3 nitrogen and oxygen atoms in total. The Hall–Kier alpha value is -1.64. The van der Waals surface area contributed by atoms with Crippen molar-refractivity contribution < 1.29 is 9.59 Å². The van der Waals surface area contributed by atoms with Crippen molar-refractivity contribution in [3.05, 3.63) is 35.9 Å². The van der Waals surface area contributed by atoms with Gasteiger partial charge in [-0.3, -0.25) is 9.59 Å². The van der Waals surface area contributed by atoms with Crippen molar-refractivity contribution in [2.75, 3.05) is 13.1 Å². The third kappa shape index (κ3) is 4.48. The molecule has 1 aliphatic heterocycles. The quantitative estimate of drug-likeness (QED) is 0.771. The first kappa shape index (κ1) is 14.8. The predicted octanol–water partition coefficient (Wildman–Crippen LogP) is 3.44. The first-order valence-electron chi connectivity index (χ1n) is 7.63. The summed E-state index contributed by atoms with van der Waals surface area (Å²) in [7, 11) is 0. The van der Waals surface area contributed by atoms with Gasteiger partial charge in [0.05, 0.1) is 0 Å². The maximum atomic E-state index is 12.0. The highest BCUT2D eigenvalue weighted by molar-refractivity contribution is 5.95. The summed E-state index contributed by atoms with van der Waals surface area (Å²) in [6.07, 6.45) is 6.45. The number of hydrogen-bond acceptors (Lipinski definition) is 2. The van der Waals surface area contributed by atoms with Crippen molar-refractivity contribution in [3.8, 4) is 0 Å². The van der Waals surface area contributed by atoms with Crippen molar-refractivity contribution in [2.45, 2.75) is 44.9 Å². The lowest BCUT2D eigenvalue weighted by Gasteiger charge is -2.24. The van der Waals surface area contributed by atoms with Gasteiger partial charge in [-0.1, -0.05) is 43.2 Å². The smallest absolute Gasteiger partial charge is 0.222 e. The Labute approximate surface area is 121 Å². The fraction of sp³-hybridized carbons (Fsp3) is 0.529. The molecule has 0 spiro atoms. The molecule has 0 aromatic heterocycles. The van der Waals surface area contributed by atoms with Crippen molar-refractivity contribution >= 4 is 11.7 Å². The van der Waals surface area contributed by atoms with Crippen LogP contribution >= 0.6 is 0 Å². The summed E-state index contributed by atoms with van der Waals surface area (Å²) >= 11 is 0. The van der Waals surface area contributed by atoms with E-state index in [0.29, 0.717) is 12.8 Å². The number of benzene rings is 1. The van der Waals surface area contributed by atoms with Crippen molar-refractivity contribution in [2.24, 2.45) is 0 Å². The van der Waals surface area contributed by atoms with Gasteiger partial charge in [-0.05, 0) is 19.3 Å². The summed E-state index contributed by atoms with van der Waals surface area (Å²) in [5, 5.41) is 0. The molecule has 20 heavy (non-hydrogen) atoms. The molecule has 1 aliphatic rings. The molecular formula is C17H23NO2. The van der Waals surface area contributed by atoms with Crippen LogP contribution in [0.1, 0.15) is 55.3 Å². The normalized spacial score (nSPS) is 16.6.